The fourth-order valence-corrected chi connectivity index (χ4v) is 2.21. The lowest BCUT2D eigenvalue weighted by atomic mass is 10.2. The second kappa shape index (κ2) is 8.20. The number of amides is 2. The number of hydrogen-bond acceptors (Lipinski definition) is 3. The van der Waals surface area contributed by atoms with Gasteiger partial charge in [-0.2, -0.15) is 18.3 Å². The maximum absolute atomic E-state index is 12.5. The Morgan fingerprint density at radius 3 is 2.23 bits per heavy atom. The van der Waals surface area contributed by atoms with E-state index in [1.54, 1.807) is 12.1 Å². The highest BCUT2D eigenvalue weighted by atomic mass is 35.5. The fourth-order valence-electron chi connectivity index (χ4n) is 1.75. The zero-order valence-electron chi connectivity index (χ0n) is 12.8. The first-order valence-electron chi connectivity index (χ1n) is 6.93. The topological polar surface area (TPSA) is 70.6 Å². The molecule has 2 amide bonds. The van der Waals surface area contributed by atoms with Gasteiger partial charge in [-0.3, -0.25) is 9.59 Å². The van der Waals surface area contributed by atoms with E-state index in [1.165, 1.54) is 12.3 Å². The van der Waals surface area contributed by atoms with E-state index in [0.29, 0.717) is 15.6 Å². The minimum atomic E-state index is -4.49. The van der Waals surface area contributed by atoms with Gasteiger partial charge in [0.1, 0.15) is 0 Å². The molecule has 0 aliphatic heterocycles. The van der Waals surface area contributed by atoms with Crippen LogP contribution in [0.5, 0.6) is 0 Å². The monoisotopic (exact) mass is 403 g/mol. The zero-order valence-corrected chi connectivity index (χ0v) is 14.3. The molecule has 0 fully saturated rings. The quantitative estimate of drug-likeness (QED) is 0.460. The van der Waals surface area contributed by atoms with Crippen LogP contribution in [-0.4, -0.2) is 18.0 Å². The molecule has 0 atom stereocenters. The molecular weight excluding hydrogens is 394 g/mol. The van der Waals surface area contributed by atoms with Crippen molar-refractivity contribution in [3.05, 3.63) is 63.6 Å². The fraction of sp³-hybridized carbons (Fsp3) is 0.0625. The van der Waals surface area contributed by atoms with Crippen LogP contribution in [0.3, 0.4) is 0 Å². The summed E-state index contributed by atoms with van der Waals surface area (Å²) in [7, 11) is 0. The van der Waals surface area contributed by atoms with Gasteiger partial charge in [0.25, 0.3) is 0 Å². The van der Waals surface area contributed by atoms with Gasteiger partial charge in [-0.15, -0.1) is 0 Å². The van der Waals surface area contributed by atoms with Crippen LogP contribution in [0.2, 0.25) is 10.0 Å². The highest BCUT2D eigenvalue weighted by Crippen LogP contribution is 2.29. The number of anilines is 1. The molecular formula is C16H10Cl2F3N3O2. The predicted octanol–water partition coefficient (Wildman–Crippen LogP) is 4.10. The predicted molar refractivity (Wildman–Crippen MR) is 92.3 cm³/mol. The van der Waals surface area contributed by atoms with Crippen LogP contribution < -0.4 is 10.7 Å². The number of hydrazone groups is 1. The Balaban J connectivity index is 1.93. The second-order valence-corrected chi connectivity index (χ2v) is 5.74. The van der Waals surface area contributed by atoms with Crippen molar-refractivity contribution in [2.24, 2.45) is 5.10 Å². The van der Waals surface area contributed by atoms with Crippen molar-refractivity contribution in [2.75, 3.05) is 5.32 Å². The van der Waals surface area contributed by atoms with Crippen molar-refractivity contribution in [3.8, 4) is 0 Å². The van der Waals surface area contributed by atoms with E-state index < -0.39 is 23.6 Å². The molecule has 0 aliphatic rings. The Labute approximate surface area is 155 Å². The van der Waals surface area contributed by atoms with Gasteiger partial charge in [0, 0.05) is 16.3 Å². The molecule has 5 nitrogen and oxygen atoms in total. The Hall–Kier alpha value is -2.58. The summed E-state index contributed by atoms with van der Waals surface area (Å²) in [6.45, 7) is 0. The molecule has 2 N–H and O–H groups in total. The SMILES string of the molecule is O=C(NN=Cc1ccc(Cl)cc1Cl)C(=O)Nc1ccc(C(F)(F)F)cc1. The Morgan fingerprint density at radius 2 is 1.65 bits per heavy atom. The first-order valence-corrected chi connectivity index (χ1v) is 7.69. The maximum atomic E-state index is 12.5. The van der Waals surface area contributed by atoms with Crippen LogP contribution in [-0.2, 0) is 15.8 Å². The molecule has 0 heterocycles. The molecule has 136 valence electrons. The normalized spacial score (nSPS) is 11.4. The molecule has 0 saturated heterocycles. The first-order chi connectivity index (χ1) is 12.2. The van der Waals surface area contributed by atoms with Gasteiger partial charge >= 0.3 is 18.0 Å². The lowest BCUT2D eigenvalue weighted by Crippen LogP contribution is -2.32. The molecule has 0 bridgehead atoms. The van der Waals surface area contributed by atoms with Crippen molar-refractivity contribution in [1.82, 2.24) is 5.43 Å². The van der Waals surface area contributed by atoms with Gasteiger partial charge < -0.3 is 5.32 Å². The van der Waals surface area contributed by atoms with Crippen molar-refractivity contribution in [2.45, 2.75) is 6.18 Å². The molecule has 0 saturated carbocycles. The van der Waals surface area contributed by atoms with Crippen LogP contribution in [0.25, 0.3) is 0 Å². The van der Waals surface area contributed by atoms with Crippen molar-refractivity contribution < 1.29 is 22.8 Å². The summed E-state index contributed by atoms with van der Waals surface area (Å²) in [5.41, 5.74) is 1.59. The molecule has 0 unspecified atom stereocenters. The smallest absolute Gasteiger partial charge is 0.318 e. The number of benzene rings is 2. The summed E-state index contributed by atoms with van der Waals surface area (Å²) in [4.78, 5) is 23.3. The van der Waals surface area contributed by atoms with Gasteiger partial charge in [-0.25, -0.2) is 5.43 Å². The number of nitrogens with one attached hydrogen (secondary N) is 2. The van der Waals surface area contributed by atoms with Crippen molar-refractivity contribution in [1.29, 1.82) is 0 Å². The standard InChI is InChI=1S/C16H10Cl2F3N3O2/c17-11-4-1-9(13(18)7-11)8-22-24-15(26)14(25)23-12-5-2-10(3-6-12)16(19,20)21/h1-8H,(H,23,25)(H,24,26). The third-order valence-corrected chi connectivity index (χ3v) is 3.57. The minimum absolute atomic E-state index is 0.0304. The molecule has 2 rings (SSSR count). The lowest BCUT2D eigenvalue weighted by Gasteiger charge is -2.08. The molecule has 0 radical (unpaired) electrons. The average molecular weight is 404 g/mol. The molecule has 0 spiro atoms. The Morgan fingerprint density at radius 1 is 1.00 bits per heavy atom. The Bertz CT molecular complexity index is 853. The molecule has 0 aromatic heterocycles. The molecule has 2 aromatic carbocycles. The molecule has 26 heavy (non-hydrogen) atoms. The van der Waals surface area contributed by atoms with E-state index in [-0.39, 0.29) is 5.69 Å². The van der Waals surface area contributed by atoms with Crippen LogP contribution in [0.1, 0.15) is 11.1 Å². The summed E-state index contributed by atoms with van der Waals surface area (Å²) in [5, 5.41) is 6.45. The van der Waals surface area contributed by atoms with E-state index in [1.807, 2.05) is 5.43 Å². The van der Waals surface area contributed by atoms with E-state index in [4.69, 9.17) is 23.2 Å². The van der Waals surface area contributed by atoms with Crippen LogP contribution in [0, 0.1) is 0 Å². The number of alkyl halides is 3. The third-order valence-electron chi connectivity index (χ3n) is 3.01. The lowest BCUT2D eigenvalue weighted by molar-refractivity contribution is -0.137. The number of carbonyl (C=O) groups is 2. The summed E-state index contributed by atoms with van der Waals surface area (Å²) in [5.74, 6) is -2.20. The van der Waals surface area contributed by atoms with E-state index >= 15 is 0 Å². The number of hydrogen-bond donors (Lipinski definition) is 2. The maximum Gasteiger partial charge on any atom is 0.416 e. The summed E-state index contributed by atoms with van der Waals surface area (Å²) < 4.78 is 37.4. The van der Waals surface area contributed by atoms with Gasteiger partial charge in [0.2, 0.25) is 0 Å². The molecule has 0 aliphatic carbocycles. The van der Waals surface area contributed by atoms with Gasteiger partial charge in [-0.05, 0) is 36.4 Å². The van der Waals surface area contributed by atoms with E-state index in [2.05, 4.69) is 10.4 Å². The van der Waals surface area contributed by atoms with Crippen molar-refractivity contribution in [3.63, 3.8) is 0 Å². The van der Waals surface area contributed by atoms with Gasteiger partial charge in [0.15, 0.2) is 0 Å². The first kappa shape index (κ1) is 19.7. The van der Waals surface area contributed by atoms with Crippen LogP contribution in [0.15, 0.2) is 47.6 Å². The molecule has 2 aromatic rings. The minimum Gasteiger partial charge on any atom is -0.318 e. The van der Waals surface area contributed by atoms with E-state index in [9.17, 15) is 22.8 Å². The zero-order chi connectivity index (χ0) is 19.3. The van der Waals surface area contributed by atoms with Crippen LogP contribution >= 0.6 is 23.2 Å². The summed E-state index contributed by atoms with van der Waals surface area (Å²) >= 11 is 11.7. The largest absolute Gasteiger partial charge is 0.416 e. The van der Waals surface area contributed by atoms with Crippen LogP contribution in [0.4, 0.5) is 18.9 Å². The van der Waals surface area contributed by atoms with Gasteiger partial charge in [0.05, 0.1) is 16.8 Å². The molecule has 10 heteroatoms. The number of carbonyl (C=O) groups excluding carboxylic acids is 2. The number of halogens is 5. The second-order valence-electron chi connectivity index (χ2n) is 4.89. The van der Waals surface area contributed by atoms with E-state index in [0.717, 1.165) is 24.3 Å². The number of nitrogens with zero attached hydrogens (tertiary/aromatic N) is 1. The number of rotatable bonds is 3. The van der Waals surface area contributed by atoms with Gasteiger partial charge in [-0.1, -0.05) is 29.3 Å². The highest BCUT2D eigenvalue weighted by molar-refractivity contribution is 6.39. The highest BCUT2D eigenvalue weighted by Gasteiger charge is 2.30. The Kier molecular flexibility index (Phi) is 6.23. The third kappa shape index (κ3) is 5.47. The average Bonchev–Trinajstić information content (AvgIpc) is 2.56. The summed E-state index contributed by atoms with van der Waals surface area (Å²) in [6, 6.07) is 8.23. The van der Waals surface area contributed by atoms with Crippen molar-refractivity contribution >= 4 is 46.9 Å². The summed E-state index contributed by atoms with van der Waals surface area (Å²) in [6.07, 6.45) is -3.28.